The van der Waals surface area contributed by atoms with Crippen molar-refractivity contribution < 1.29 is 5.11 Å². The van der Waals surface area contributed by atoms with Gasteiger partial charge in [0.25, 0.3) is 0 Å². The van der Waals surface area contributed by atoms with Crippen LogP contribution in [-0.4, -0.2) is 11.7 Å². The molecule has 0 unspecified atom stereocenters. The largest absolute Gasteiger partial charge is 0.508 e. The van der Waals surface area contributed by atoms with Crippen molar-refractivity contribution in [3.05, 3.63) is 29.8 Å². The van der Waals surface area contributed by atoms with Gasteiger partial charge in [0, 0.05) is 6.54 Å². The van der Waals surface area contributed by atoms with Crippen LogP contribution in [0, 0.1) is 5.92 Å². The number of nitrogens with one attached hydrogen (secondary N) is 1. The number of aromatic hydroxyl groups is 1. The number of rotatable bonds is 5. The zero-order chi connectivity index (χ0) is 9.80. The highest BCUT2D eigenvalue weighted by Gasteiger charge is 2.19. The van der Waals surface area contributed by atoms with E-state index >= 15 is 0 Å². The van der Waals surface area contributed by atoms with Crippen molar-refractivity contribution in [3.8, 4) is 5.75 Å². The molecule has 1 fully saturated rings. The first-order valence-corrected chi connectivity index (χ1v) is 5.33. The third-order valence-corrected chi connectivity index (χ3v) is 2.67. The van der Waals surface area contributed by atoms with E-state index < -0.39 is 0 Å². The van der Waals surface area contributed by atoms with Crippen molar-refractivity contribution in [2.24, 2.45) is 5.92 Å². The Bertz CT molecular complexity index is 294. The molecule has 0 heterocycles. The van der Waals surface area contributed by atoms with Gasteiger partial charge in [-0.2, -0.15) is 0 Å². The molecule has 14 heavy (non-hydrogen) atoms. The lowest BCUT2D eigenvalue weighted by Gasteiger charge is -2.04. The second kappa shape index (κ2) is 4.47. The third-order valence-electron chi connectivity index (χ3n) is 2.67. The monoisotopic (exact) mass is 191 g/mol. The molecule has 76 valence electrons. The van der Waals surface area contributed by atoms with Crippen molar-refractivity contribution in [2.75, 3.05) is 6.54 Å². The molecule has 0 saturated heterocycles. The molecule has 0 bridgehead atoms. The summed E-state index contributed by atoms with van der Waals surface area (Å²) < 4.78 is 0. The molecule has 0 radical (unpaired) electrons. The van der Waals surface area contributed by atoms with E-state index in [2.05, 4.69) is 5.32 Å². The van der Waals surface area contributed by atoms with Gasteiger partial charge in [0.2, 0.25) is 0 Å². The van der Waals surface area contributed by atoms with Crippen molar-refractivity contribution in [3.63, 3.8) is 0 Å². The van der Waals surface area contributed by atoms with Gasteiger partial charge < -0.3 is 10.4 Å². The van der Waals surface area contributed by atoms with E-state index in [0.29, 0.717) is 5.75 Å². The SMILES string of the molecule is Oc1cccc(CNCCC2CC2)c1. The van der Waals surface area contributed by atoms with Gasteiger partial charge >= 0.3 is 0 Å². The summed E-state index contributed by atoms with van der Waals surface area (Å²) in [5.74, 6) is 1.35. The van der Waals surface area contributed by atoms with Gasteiger partial charge in [-0.05, 0) is 36.6 Å². The van der Waals surface area contributed by atoms with E-state index in [4.69, 9.17) is 0 Å². The standard InChI is InChI=1S/C12H17NO/c14-12-3-1-2-11(8-12)9-13-7-6-10-4-5-10/h1-3,8,10,13-14H,4-7,9H2. The Morgan fingerprint density at radius 2 is 2.21 bits per heavy atom. The van der Waals surface area contributed by atoms with Crippen molar-refractivity contribution >= 4 is 0 Å². The Labute approximate surface area is 85.0 Å². The smallest absolute Gasteiger partial charge is 0.115 e. The highest BCUT2D eigenvalue weighted by molar-refractivity contribution is 5.26. The summed E-state index contributed by atoms with van der Waals surface area (Å²) in [5.41, 5.74) is 1.15. The average Bonchev–Trinajstić information content (AvgIpc) is 2.96. The van der Waals surface area contributed by atoms with Crippen molar-refractivity contribution in [1.82, 2.24) is 5.32 Å². The molecular weight excluding hydrogens is 174 g/mol. The maximum Gasteiger partial charge on any atom is 0.115 e. The summed E-state index contributed by atoms with van der Waals surface area (Å²) in [5, 5.41) is 12.6. The molecule has 1 aliphatic carbocycles. The second-order valence-corrected chi connectivity index (χ2v) is 4.08. The first-order valence-electron chi connectivity index (χ1n) is 5.33. The van der Waals surface area contributed by atoms with Crippen LogP contribution < -0.4 is 5.32 Å². The summed E-state index contributed by atoms with van der Waals surface area (Å²) >= 11 is 0. The molecule has 0 atom stereocenters. The average molecular weight is 191 g/mol. The lowest BCUT2D eigenvalue weighted by atomic mass is 10.2. The van der Waals surface area contributed by atoms with E-state index in [1.54, 1.807) is 6.07 Å². The molecule has 0 aromatic heterocycles. The third kappa shape index (κ3) is 3.04. The zero-order valence-electron chi connectivity index (χ0n) is 8.37. The van der Waals surface area contributed by atoms with Gasteiger partial charge in [-0.15, -0.1) is 0 Å². The highest BCUT2D eigenvalue weighted by atomic mass is 16.3. The number of benzene rings is 1. The predicted molar refractivity (Wildman–Crippen MR) is 57.2 cm³/mol. The Kier molecular flexibility index (Phi) is 3.04. The fourth-order valence-corrected chi connectivity index (χ4v) is 1.61. The van der Waals surface area contributed by atoms with E-state index in [0.717, 1.165) is 24.6 Å². The van der Waals surface area contributed by atoms with Crippen LogP contribution in [0.3, 0.4) is 0 Å². The topological polar surface area (TPSA) is 32.3 Å². The molecule has 2 heteroatoms. The highest BCUT2D eigenvalue weighted by Crippen LogP contribution is 2.31. The van der Waals surface area contributed by atoms with Crippen LogP contribution in [0.25, 0.3) is 0 Å². The number of hydrogen-bond acceptors (Lipinski definition) is 2. The minimum atomic E-state index is 0.353. The van der Waals surface area contributed by atoms with Gasteiger partial charge in [-0.25, -0.2) is 0 Å². The quantitative estimate of drug-likeness (QED) is 0.700. The van der Waals surface area contributed by atoms with Gasteiger partial charge in [-0.3, -0.25) is 0 Å². The van der Waals surface area contributed by atoms with Crippen LogP contribution in [0.15, 0.2) is 24.3 Å². The van der Waals surface area contributed by atoms with Crippen LogP contribution in [0.4, 0.5) is 0 Å². The van der Waals surface area contributed by atoms with Gasteiger partial charge in [0.1, 0.15) is 5.75 Å². The van der Waals surface area contributed by atoms with E-state index in [1.165, 1.54) is 19.3 Å². The summed E-state index contributed by atoms with van der Waals surface area (Å²) in [6.07, 6.45) is 4.15. The summed E-state index contributed by atoms with van der Waals surface area (Å²) in [4.78, 5) is 0. The summed E-state index contributed by atoms with van der Waals surface area (Å²) in [6.45, 7) is 1.96. The fraction of sp³-hybridized carbons (Fsp3) is 0.500. The van der Waals surface area contributed by atoms with Crippen molar-refractivity contribution in [1.29, 1.82) is 0 Å². The number of phenolic OH excluding ortho intramolecular Hbond substituents is 1. The minimum absolute atomic E-state index is 0.353. The van der Waals surface area contributed by atoms with Gasteiger partial charge in [-0.1, -0.05) is 25.0 Å². The predicted octanol–water partition coefficient (Wildman–Crippen LogP) is 2.28. The maximum absolute atomic E-state index is 9.24. The fourth-order valence-electron chi connectivity index (χ4n) is 1.61. The molecule has 1 aromatic carbocycles. The molecule has 0 spiro atoms. The molecule has 2 N–H and O–H groups in total. The summed E-state index contributed by atoms with van der Waals surface area (Å²) in [6, 6.07) is 7.43. The molecule has 1 saturated carbocycles. The Balaban J connectivity index is 1.68. The van der Waals surface area contributed by atoms with Gasteiger partial charge in [0.05, 0.1) is 0 Å². The lowest BCUT2D eigenvalue weighted by Crippen LogP contribution is -2.14. The van der Waals surface area contributed by atoms with Crippen LogP contribution in [0.2, 0.25) is 0 Å². The molecular formula is C12H17NO. The Morgan fingerprint density at radius 1 is 1.36 bits per heavy atom. The van der Waals surface area contributed by atoms with Crippen LogP contribution in [-0.2, 0) is 6.54 Å². The van der Waals surface area contributed by atoms with E-state index in [9.17, 15) is 5.11 Å². The van der Waals surface area contributed by atoms with Crippen molar-refractivity contribution in [2.45, 2.75) is 25.8 Å². The molecule has 1 aromatic rings. The van der Waals surface area contributed by atoms with Crippen LogP contribution in [0.5, 0.6) is 5.75 Å². The number of hydrogen-bond donors (Lipinski definition) is 2. The van der Waals surface area contributed by atoms with E-state index in [-0.39, 0.29) is 0 Å². The molecule has 2 rings (SSSR count). The Morgan fingerprint density at radius 3 is 2.93 bits per heavy atom. The van der Waals surface area contributed by atoms with E-state index in [1.807, 2.05) is 18.2 Å². The summed E-state index contributed by atoms with van der Waals surface area (Å²) in [7, 11) is 0. The normalized spacial score (nSPS) is 15.7. The number of phenols is 1. The first-order chi connectivity index (χ1) is 6.84. The lowest BCUT2D eigenvalue weighted by molar-refractivity contribution is 0.474. The molecule has 2 nitrogen and oxygen atoms in total. The minimum Gasteiger partial charge on any atom is -0.508 e. The molecule has 1 aliphatic rings. The van der Waals surface area contributed by atoms with Gasteiger partial charge in [0.15, 0.2) is 0 Å². The van der Waals surface area contributed by atoms with Crippen LogP contribution in [0.1, 0.15) is 24.8 Å². The maximum atomic E-state index is 9.24. The van der Waals surface area contributed by atoms with Crippen LogP contribution >= 0.6 is 0 Å². The molecule has 0 aliphatic heterocycles. The molecule has 0 amide bonds. The first kappa shape index (κ1) is 9.53. The Hall–Kier alpha value is -1.02. The second-order valence-electron chi connectivity index (χ2n) is 4.08. The zero-order valence-corrected chi connectivity index (χ0v) is 8.37.